The van der Waals surface area contributed by atoms with E-state index in [4.69, 9.17) is 16.7 Å². The fourth-order valence-electron chi connectivity index (χ4n) is 2.07. The van der Waals surface area contributed by atoms with Gasteiger partial charge in [-0.3, -0.25) is 4.79 Å². The van der Waals surface area contributed by atoms with Crippen molar-refractivity contribution in [1.82, 2.24) is 9.97 Å². The van der Waals surface area contributed by atoms with E-state index in [1.54, 1.807) is 0 Å². The first-order valence-electron chi connectivity index (χ1n) is 6.68. The summed E-state index contributed by atoms with van der Waals surface area (Å²) in [5, 5.41) is 13.3. The third-order valence-corrected chi connectivity index (χ3v) is 3.48. The minimum absolute atomic E-state index is 0.000547. The Balaban J connectivity index is 2.43. The van der Waals surface area contributed by atoms with E-state index < -0.39 is 5.97 Å². The number of halogens is 1. The molecule has 0 spiro atoms. The lowest BCUT2D eigenvalue weighted by Gasteiger charge is -2.31. The molecule has 0 aliphatic carbocycles. The Morgan fingerprint density at radius 3 is 2.62 bits per heavy atom. The van der Waals surface area contributed by atoms with Gasteiger partial charge in [-0.25, -0.2) is 9.97 Å². The van der Waals surface area contributed by atoms with Crippen LogP contribution in [0.3, 0.4) is 0 Å². The van der Waals surface area contributed by atoms with E-state index in [0.29, 0.717) is 5.82 Å². The summed E-state index contributed by atoms with van der Waals surface area (Å²) in [7, 11) is 0. The highest BCUT2D eigenvalue weighted by molar-refractivity contribution is 6.28. The predicted octanol–water partition coefficient (Wildman–Crippen LogP) is 3.58. The second kappa shape index (κ2) is 5.85. The van der Waals surface area contributed by atoms with Gasteiger partial charge < -0.3 is 10.4 Å². The van der Waals surface area contributed by atoms with Gasteiger partial charge in [0.1, 0.15) is 5.82 Å². The van der Waals surface area contributed by atoms with E-state index in [1.165, 1.54) is 0 Å². The van der Waals surface area contributed by atoms with Gasteiger partial charge in [-0.05, 0) is 29.1 Å². The Morgan fingerprint density at radius 1 is 1.33 bits per heavy atom. The zero-order chi connectivity index (χ0) is 15.6. The van der Waals surface area contributed by atoms with E-state index in [0.717, 1.165) is 10.9 Å². The maximum absolute atomic E-state index is 11.1. The van der Waals surface area contributed by atoms with E-state index in [-0.39, 0.29) is 23.2 Å². The van der Waals surface area contributed by atoms with Crippen molar-refractivity contribution in [2.45, 2.75) is 33.2 Å². The molecule has 112 valence electrons. The molecule has 0 radical (unpaired) electrons. The van der Waals surface area contributed by atoms with Crippen LogP contribution in [0.4, 0.5) is 5.82 Å². The number of nitrogens with zero attached hydrogens (tertiary/aromatic N) is 2. The molecular weight excluding hydrogens is 290 g/mol. The molecule has 1 aromatic carbocycles. The largest absolute Gasteiger partial charge is 0.481 e. The van der Waals surface area contributed by atoms with Crippen molar-refractivity contribution in [3.8, 4) is 0 Å². The molecule has 5 nitrogen and oxygen atoms in total. The van der Waals surface area contributed by atoms with Gasteiger partial charge in [-0.2, -0.15) is 0 Å². The average molecular weight is 308 g/mol. The van der Waals surface area contributed by atoms with Crippen LogP contribution < -0.4 is 5.32 Å². The molecule has 1 aromatic heterocycles. The molecule has 6 heteroatoms. The maximum atomic E-state index is 11.1. The highest BCUT2D eigenvalue weighted by Crippen LogP contribution is 2.28. The number of aromatic nitrogens is 2. The molecule has 2 rings (SSSR count). The normalized spacial score (nSPS) is 13.1. The Labute approximate surface area is 128 Å². The molecule has 0 saturated heterocycles. The van der Waals surface area contributed by atoms with Crippen LogP contribution in [-0.2, 0) is 4.79 Å². The second-order valence-electron chi connectivity index (χ2n) is 6.02. The summed E-state index contributed by atoms with van der Waals surface area (Å²) in [5.41, 5.74) is 0.486. The molecule has 2 aromatic rings. The molecule has 0 aliphatic heterocycles. The molecule has 2 N–H and O–H groups in total. The van der Waals surface area contributed by atoms with Crippen LogP contribution in [0.15, 0.2) is 24.3 Å². The van der Waals surface area contributed by atoms with Gasteiger partial charge in [-0.1, -0.05) is 32.9 Å². The van der Waals surface area contributed by atoms with Crippen LogP contribution in [0.2, 0.25) is 5.28 Å². The molecule has 1 atom stereocenters. The standard InChI is InChI=1S/C15H18ClN3O2/c1-15(2,3)11(8-12(20)21)18-13-9-6-4-5-7-10(9)17-14(16)19-13/h4-7,11H,8H2,1-3H3,(H,20,21)(H,17,18,19)/t11-/m1/s1. The van der Waals surface area contributed by atoms with Gasteiger partial charge in [0.25, 0.3) is 0 Å². The van der Waals surface area contributed by atoms with Crippen LogP contribution in [0.25, 0.3) is 10.9 Å². The Bertz CT molecular complexity index is 668. The number of hydrogen-bond donors (Lipinski definition) is 2. The van der Waals surface area contributed by atoms with Crippen LogP contribution in [0.1, 0.15) is 27.2 Å². The van der Waals surface area contributed by atoms with E-state index in [1.807, 2.05) is 45.0 Å². The zero-order valence-electron chi connectivity index (χ0n) is 12.2. The fourth-order valence-corrected chi connectivity index (χ4v) is 2.25. The van der Waals surface area contributed by atoms with Crippen molar-refractivity contribution in [2.24, 2.45) is 5.41 Å². The third kappa shape index (κ3) is 3.82. The highest BCUT2D eigenvalue weighted by atomic mass is 35.5. The van der Waals surface area contributed by atoms with Crippen LogP contribution >= 0.6 is 11.6 Å². The van der Waals surface area contributed by atoms with Gasteiger partial charge in [-0.15, -0.1) is 0 Å². The first-order chi connectivity index (χ1) is 9.77. The van der Waals surface area contributed by atoms with E-state index in [2.05, 4.69) is 15.3 Å². The summed E-state index contributed by atoms with van der Waals surface area (Å²) in [4.78, 5) is 19.5. The molecule has 0 fully saturated rings. The number of benzene rings is 1. The van der Waals surface area contributed by atoms with Crippen molar-refractivity contribution in [3.63, 3.8) is 0 Å². The van der Waals surface area contributed by atoms with E-state index in [9.17, 15) is 4.79 Å². The van der Waals surface area contributed by atoms with Gasteiger partial charge in [0.05, 0.1) is 11.9 Å². The number of fused-ring (bicyclic) bond motifs is 1. The van der Waals surface area contributed by atoms with Crippen LogP contribution in [0, 0.1) is 5.41 Å². The number of carboxylic acid groups (broad SMARTS) is 1. The first kappa shape index (κ1) is 15.5. The number of anilines is 1. The smallest absolute Gasteiger partial charge is 0.305 e. The molecule has 0 saturated carbocycles. The van der Waals surface area contributed by atoms with E-state index >= 15 is 0 Å². The van der Waals surface area contributed by atoms with Crippen molar-refractivity contribution in [3.05, 3.63) is 29.5 Å². The molecule has 0 unspecified atom stereocenters. The lowest BCUT2D eigenvalue weighted by molar-refractivity contribution is -0.137. The van der Waals surface area contributed by atoms with Gasteiger partial charge in [0.2, 0.25) is 5.28 Å². The minimum Gasteiger partial charge on any atom is -0.481 e. The quantitative estimate of drug-likeness (QED) is 0.844. The summed E-state index contributed by atoms with van der Waals surface area (Å²) in [6.07, 6.45) is -0.000547. The lowest BCUT2D eigenvalue weighted by atomic mass is 9.84. The average Bonchev–Trinajstić information content (AvgIpc) is 2.36. The number of nitrogens with one attached hydrogen (secondary N) is 1. The minimum atomic E-state index is -0.855. The van der Waals surface area contributed by atoms with Crippen molar-refractivity contribution in [1.29, 1.82) is 0 Å². The molecule has 0 bridgehead atoms. The Kier molecular flexibility index (Phi) is 4.32. The summed E-state index contributed by atoms with van der Waals surface area (Å²) in [6, 6.07) is 7.21. The molecule has 1 heterocycles. The number of carbonyl (C=O) groups is 1. The summed E-state index contributed by atoms with van der Waals surface area (Å²) in [5.74, 6) is -0.293. The summed E-state index contributed by atoms with van der Waals surface area (Å²) in [6.45, 7) is 5.95. The van der Waals surface area contributed by atoms with Crippen LogP contribution in [0.5, 0.6) is 0 Å². The summed E-state index contributed by atoms with van der Waals surface area (Å²) >= 11 is 5.95. The number of rotatable bonds is 4. The van der Waals surface area contributed by atoms with Gasteiger partial charge in [0.15, 0.2) is 0 Å². The molecule has 0 amide bonds. The number of aliphatic carboxylic acids is 1. The van der Waals surface area contributed by atoms with Crippen molar-refractivity contribution < 1.29 is 9.90 Å². The SMILES string of the molecule is CC(C)(C)[C@@H](CC(=O)O)Nc1nc(Cl)nc2ccccc12. The summed E-state index contributed by atoms with van der Waals surface area (Å²) < 4.78 is 0. The van der Waals surface area contributed by atoms with Gasteiger partial charge >= 0.3 is 5.97 Å². The Hall–Kier alpha value is -1.88. The number of hydrogen-bond acceptors (Lipinski definition) is 4. The topological polar surface area (TPSA) is 75.1 Å². The van der Waals surface area contributed by atoms with Crippen LogP contribution in [-0.4, -0.2) is 27.1 Å². The Morgan fingerprint density at radius 2 is 2.00 bits per heavy atom. The molecule has 21 heavy (non-hydrogen) atoms. The highest BCUT2D eigenvalue weighted by Gasteiger charge is 2.27. The molecular formula is C15H18ClN3O2. The monoisotopic (exact) mass is 307 g/mol. The van der Waals surface area contributed by atoms with Crippen molar-refractivity contribution in [2.75, 3.05) is 5.32 Å². The first-order valence-corrected chi connectivity index (χ1v) is 7.06. The van der Waals surface area contributed by atoms with Crippen molar-refractivity contribution >= 4 is 34.3 Å². The maximum Gasteiger partial charge on any atom is 0.305 e. The molecule has 0 aliphatic rings. The lowest BCUT2D eigenvalue weighted by Crippen LogP contribution is -2.36. The third-order valence-electron chi connectivity index (χ3n) is 3.31. The van der Waals surface area contributed by atoms with Gasteiger partial charge in [0, 0.05) is 11.4 Å². The zero-order valence-corrected chi connectivity index (χ0v) is 13.0. The number of carboxylic acids is 1. The second-order valence-corrected chi connectivity index (χ2v) is 6.36. The number of para-hydroxylation sites is 1. The predicted molar refractivity (Wildman–Crippen MR) is 83.7 cm³/mol. The fraction of sp³-hybridized carbons (Fsp3) is 0.400.